The van der Waals surface area contributed by atoms with E-state index < -0.39 is 66.4 Å². The van der Waals surface area contributed by atoms with Crippen LogP contribution in [0.3, 0.4) is 0 Å². The van der Waals surface area contributed by atoms with E-state index in [1.165, 1.54) is 31.1 Å². The third kappa shape index (κ3) is 21.4. The molecule has 5 atom stereocenters. The number of rotatable bonds is 35. The molecular weight excluding hydrogens is 1650 g/mol. The predicted octanol–water partition coefficient (Wildman–Crippen LogP) is 17.1. The molecule has 674 valence electrons. The minimum Gasteiger partial charge on any atom is -0.467 e. The first kappa shape index (κ1) is 95.9. The standard InChI is InChI=1S/2C38H47NO6Si.C28H35NO5Si/c2*1-27-33(42-25-41-7)23-31(35-34(27)43-26-44-35)32(39-36(38(5,6)40)28-17-11-8-12-18-28)24-45-46(37(2,3)4,29-19-13-9-14-20-29)30-21-15-10-16-22-30;1-20-25(31-18-30-5)16-23(27-26(20)32-19-33-27)24(29)17-34-35(28(2,3)4,21-12-8-6-9-13-21)22-14-10-7-11-15-22/h2*8-23,32,36,39-40H,24-26H2,1-7H3;6-16,24H,17-19,29H2,1-5H3/t2*32?,36-;/m11./s1. The predicted molar refractivity (Wildman–Crippen MR) is 510 cm³/mol. The summed E-state index contributed by atoms with van der Waals surface area (Å²) < 4.78 is 91.3. The SMILES string of the molecule is COCOc1cc(C(CO[Si](c2ccccc2)(c2ccccc2)C(C)(C)C)N[C@H](c2ccccc2)C(C)(C)O)c2c(c1C)OCO2.COCOc1cc(C(CO[Si](c2ccccc2)(c2ccccc2)C(C)(C)C)N[C@H](c2ccccc2)C(C)(C)O)c2c(c1C)OCO2.COCOc1cc(C(N)CO[Si](c2ccccc2)(c2ccccc2)C(C)(C)C)c2c(c1C)OCO2. The zero-order valence-electron chi connectivity index (χ0n) is 77.2. The Bertz CT molecular complexity index is 4950. The summed E-state index contributed by atoms with van der Waals surface area (Å²) in [5.74, 6) is 5.82. The van der Waals surface area contributed by atoms with Crippen molar-refractivity contribution in [3.05, 3.63) is 305 Å². The van der Waals surface area contributed by atoms with Crippen molar-refractivity contribution in [2.75, 3.05) is 81.9 Å². The quantitative estimate of drug-likeness (QED) is 0.0184. The van der Waals surface area contributed by atoms with Crippen LogP contribution in [0.15, 0.2) is 261 Å². The molecule has 0 aromatic heterocycles. The van der Waals surface area contributed by atoms with Crippen LogP contribution >= 0.6 is 0 Å². The second kappa shape index (κ2) is 41.9. The molecule has 127 heavy (non-hydrogen) atoms. The summed E-state index contributed by atoms with van der Waals surface area (Å²) in [6.07, 6.45) is 0. The molecule has 6 N–H and O–H groups in total. The number of aliphatic hydroxyl groups is 2. The molecule has 0 bridgehead atoms. The van der Waals surface area contributed by atoms with Crippen molar-refractivity contribution in [3.8, 4) is 51.7 Å². The molecule has 0 aliphatic carbocycles. The number of benzene rings is 11. The molecule has 14 rings (SSSR count). The number of ether oxygens (including phenoxy) is 12. The maximum Gasteiger partial charge on any atom is 0.261 e. The second-order valence-corrected chi connectivity index (χ2v) is 49.5. The van der Waals surface area contributed by atoms with E-state index in [-0.39, 0.29) is 69.1 Å². The molecule has 0 fully saturated rings. The Kier molecular flexibility index (Phi) is 31.7. The third-order valence-corrected chi connectivity index (χ3v) is 38.9. The van der Waals surface area contributed by atoms with Gasteiger partial charge in [-0.05, 0) is 124 Å². The molecule has 11 aromatic rings. The van der Waals surface area contributed by atoms with Crippen molar-refractivity contribution in [2.24, 2.45) is 5.73 Å². The van der Waals surface area contributed by atoms with Gasteiger partial charge < -0.3 is 86.1 Å². The lowest BCUT2D eigenvalue weighted by atomic mass is 9.90. The van der Waals surface area contributed by atoms with Crippen LogP contribution in [0.2, 0.25) is 15.1 Å². The fourth-order valence-corrected chi connectivity index (χ4v) is 31.5. The van der Waals surface area contributed by atoms with Crippen molar-refractivity contribution in [1.29, 1.82) is 0 Å². The molecule has 3 heterocycles. The van der Waals surface area contributed by atoms with Gasteiger partial charge in [0.1, 0.15) is 17.2 Å². The molecule has 3 unspecified atom stereocenters. The Morgan fingerprint density at radius 3 is 0.780 bits per heavy atom. The summed E-state index contributed by atoms with van der Waals surface area (Å²) in [6, 6.07) is 87.2. The van der Waals surface area contributed by atoms with Crippen LogP contribution in [0.25, 0.3) is 0 Å². The van der Waals surface area contributed by atoms with E-state index >= 15 is 0 Å². The van der Waals surface area contributed by atoms with Crippen molar-refractivity contribution in [3.63, 3.8) is 0 Å². The lowest BCUT2D eigenvalue weighted by Crippen LogP contribution is -2.67. The number of hydrogen-bond acceptors (Lipinski definition) is 20. The summed E-state index contributed by atoms with van der Waals surface area (Å²) in [5, 5.41) is 37.3. The average molecular weight is 1780 g/mol. The number of fused-ring (bicyclic) bond motifs is 3. The van der Waals surface area contributed by atoms with Gasteiger partial charge in [0.25, 0.3) is 25.0 Å². The van der Waals surface area contributed by atoms with E-state index in [4.69, 9.17) is 75.9 Å². The van der Waals surface area contributed by atoms with Crippen LogP contribution in [-0.4, -0.2) is 128 Å². The summed E-state index contributed by atoms with van der Waals surface area (Å²) >= 11 is 0. The van der Waals surface area contributed by atoms with E-state index in [9.17, 15) is 10.2 Å². The summed E-state index contributed by atoms with van der Waals surface area (Å²) in [4.78, 5) is 0. The minimum absolute atomic E-state index is 0.0902. The van der Waals surface area contributed by atoms with Gasteiger partial charge in [-0.3, -0.25) is 10.6 Å². The summed E-state index contributed by atoms with van der Waals surface area (Å²) in [5.41, 5.74) is 11.5. The van der Waals surface area contributed by atoms with Crippen LogP contribution < -0.4 is 90.1 Å². The molecule has 0 saturated carbocycles. The Morgan fingerprint density at radius 1 is 0.323 bits per heavy atom. The molecule has 0 saturated heterocycles. The number of hydrogen-bond donors (Lipinski definition) is 5. The molecule has 0 spiro atoms. The first-order valence-electron chi connectivity index (χ1n) is 43.5. The van der Waals surface area contributed by atoms with E-state index in [2.05, 4.69) is 219 Å². The maximum atomic E-state index is 11.6. The van der Waals surface area contributed by atoms with Gasteiger partial charge in [0, 0.05) is 54.7 Å². The minimum atomic E-state index is -2.92. The monoisotopic (exact) mass is 1780 g/mol. The fraction of sp³-hybridized carbons (Fsp3) is 0.365. The van der Waals surface area contributed by atoms with E-state index in [1.54, 1.807) is 21.3 Å². The van der Waals surface area contributed by atoms with Crippen molar-refractivity contribution >= 4 is 56.1 Å². The molecule has 3 aliphatic rings. The number of nitrogens with two attached hydrogens (primary N) is 1. The topological polar surface area (TPSA) is 229 Å². The highest BCUT2D eigenvalue weighted by molar-refractivity contribution is 7.00. The highest BCUT2D eigenvalue weighted by Crippen LogP contribution is 2.52. The first-order valence-corrected chi connectivity index (χ1v) is 49.2. The van der Waals surface area contributed by atoms with Crippen LogP contribution in [0.5, 0.6) is 51.7 Å². The van der Waals surface area contributed by atoms with Crippen LogP contribution in [0, 0.1) is 20.8 Å². The van der Waals surface area contributed by atoms with Gasteiger partial charge >= 0.3 is 0 Å². The lowest BCUT2D eigenvalue weighted by Gasteiger charge is -2.44. The van der Waals surface area contributed by atoms with Gasteiger partial charge in [0.2, 0.25) is 20.4 Å². The highest BCUT2D eigenvalue weighted by Gasteiger charge is 2.54. The Balaban J connectivity index is 0.000000175. The van der Waals surface area contributed by atoms with Crippen LogP contribution in [0.1, 0.15) is 165 Å². The first-order chi connectivity index (χ1) is 60.7. The zero-order valence-corrected chi connectivity index (χ0v) is 80.2. The van der Waals surface area contributed by atoms with Gasteiger partial charge in [-0.15, -0.1) is 0 Å². The molecule has 23 heteroatoms. The molecule has 0 amide bonds. The average Bonchev–Trinajstić information content (AvgIpc) is 1.46. The van der Waals surface area contributed by atoms with Gasteiger partial charge in [-0.2, -0.15) is 0 Å². The molecule has 11 aromatic carbocycles. The molecule has 0 radical (unpaired) electrons. The third-order valence-electron chi connectivity index (χ3n) is 23.8. The second-order valence-electron chi connectivity index (χ2n) is 36.6. The van der Waals surface area contributed by atoms with Crippen molar-refractivity contribution in [2.45, 2.75) is 167 Å². The summed E-state index contributed by atoms with van der Waals surface area (Å²) in [7, 11) is -3.77. The number of methoxy groups -OCH3 is 3. The van der Waals surface area contributed by atoms with Crippen molar-refractivity contribution < 1.29 is 80.3 Å². The Hall–Kier alpha value is -10.2. The summed E-state index contributed by atoms with van der Waals surface area (Å²) in [6.45, 7) is 35.1. The normalized spacial score (nSPS) is 14.5. The van der Waals surface area contributed by atoms with E-state index in [0.717, 1.165) is 44.5 Å². The molecule has 3 aliphatic heterocycles. The molecular formula is C104H129N3O17Si3. The van der Waals surface area contributed by atoms with Gasteiger partial charge in [0.05, 0.1) is 61.2 Å². The largest absolute Gasteiger partial charge is 0.467 e. The van der Waals surface area contributed by atoms with Crippen molar-refractivity contribution in [1.82, 2.24) is 10.6 Å². The number of nitrogens with one attached hydrogen (secondary N) is 2. The molecule has 20 nitrogen and oxygen atoms in total. The Labute approximate surface area is 754 Å². The highest BCUT2D eigenvalue weighted by atomic mass is 28.4. The van der Waals surface area contributed by atoms with E-state index in [1.807, 2.05) is 164 Å². The zero-order chi connectivity index (χ0) is 91.0. The van der Waals surface area contributed by atoms with Gasteiger partial charge in [-0.25, -0.2) is 0 Å². The lowest BCUT2D eigenvalue weighted by molar-refractivity contribution is 0.0281. The van der Waals surface area contributed by atoms with Gasteiger partial charge in [-0.1, -0.05) is 305 Å². The Morgan fingerprint density at radius 2 is 0.543 bits per heavy atom. The van der Waals surface area contributed by atoms with E-state index in [0.29, 0.717) is 58.4 Å². The smallest absolute Gasteiger partial charge is 0.261 e. The maximum absolute atomic E-state index is 11.6. The fourth-order valence-electron chi connectivity index (χ4n) is 17.8. The van der Waals surface area contributed by atoms with Crippen LogP contribution in [0.4, 0.5) is 0 Å². The van der Waals surface area contributed by atoms with Gasteiger partial charge in [0.15, 0.2) is 54.9 Å². The van der Waals surface area contributed by atoms with Crippen LogP contribution in [-0.2, 0) is 27.5 Å².